The van der Waals surface area contributed by atoms with Crippen LogP contribution in [0.25, 0.3) is 0 Å². The topological polar surface area (TPSA) is 106 Å². The van der Waals surface area contributed by atoms with Gasteiger partial charge in [-0.15, -0.1) is 0 Å². The maximum absolute atomic E-state index is 11.7. The van der Waals surface area contributed by atoms with Crippen LogP contribution in [0.1, 0.15) is 24.2 Å². The van der Waals surface area contributed by atoms with E-state index < -0.39 is 31.8 Å². The number of nitrogens with zero attached hydrogens (tertiary/aromatic N) is 1. The second kappa shape index (κ2) is 5.13. The van der Waals surface area contributed by atoms with Gasteiger partial charge in [0.25, 0.3) is 11.6 Å². The average molecular weight is 272 g/mol. The number of benzene rings is 1. The van der Waals surface area contributed by atoms with Crippen molar-refractivity contribution in [3.05, 3.63) is 39.9 Å². The number of hydrogen-bond donors (Lipinski definition) is 1. The quantitative estimate of drug-likeness (QED) is 0.651. The van der Waals surface area contributed by atoms with Crippen LogP contribution in [-0.2, 0) is 10.0 Å². The predicted molar refractivity (Wildman–Crippen MR) is 64.6 cm³/mol. The normalized spacial score (nSPS) is 11.3. The summed E-state index contributed by atoms with van der Waals surface area (Å²) < 4.78 is 24.8. The lowest BCUT2D eigenvalue weighted by Crippen LogP contribution is -2.36. The molecule has 0 aromatic heterocycles. The molecule has 0 saturated carbocycles. The first-order valence-electron chi connectivity index (χ1n) is 5.05. The van der Waals surface area contributed by atoms with E-state index in [4.69, 9.17) is 0 Å². The van der Waals surface area contributed by atoms with Gasteiger partial charge >= 0.3 is 0 Å². The zero-order valence-corrected chi connectivity index (χ0v) is 10.6. The van der Waals surface area contributed by atoms with E-state index in [9.17, 15) is 23.3 Å². The summed E-state index contributed by atoms with van der Waals surface area (Å²) in [5, 5.41) is 9.90. The third kappa shape index (κ3) is 3.04. The molecule has 1 N–H and O–H groups in total. The molecule has 0 atom stereocenters. The second-order valence-corrected chi connectivity index (χ2v) is 6.04. The van der Waals surface area contributed by atoms with Crippen LogP contribution in [0.2, 0.25) is 0 Å². The lowest BCUT2D eigenvalue weighted by Gasteiger charge is -2.09. The van der Waals surface area contributed by atoms with Crippen molar-refractivity contribution in [2.75, 3.05) is 0 Å². The van der Waals surface area contributed by atoms with Crippen LogP contribution in [0.4, 0.5) is 5.69 Å². The largest absolute Gasteiger partial charge is 0.282 e. The summed E-state index contributed by atoms with van der Waals surface area (Å²) in [5.41, 5.74) is -0.722. The van der Waals surface area contributed by atoms with Crippen molar-refractivity contribution < 1.29 is 18.1 Å². The fourth-order valence-electron chi connectivity index (χ4n) is 1.13. The lowest BCUT2D eigenvalue weighted by molar-refractivity contribution is -0.385. The van der Waals surface area contributed by atoms with Crippen molar-refractivity contribution in [2.45, 2.75) is 19.1 Å². The highest BCUT2D eigenvalue weighted by Crippen LogP contribution is 2.17. The van der Waals surface area contributed by atoms with Gasteiger partial charge in [-0.05, 0) is 19.9 Å². The fraction of sp³-hybridized carbons (Fsp3) is 0.300. The molecular formula is C10H12N2O5S. The number of nitrogens with one attached hydrogen (secondary N) is 1. The standard InChI is InChI=1S/C10H12N2O5S/c1-7(2)18(16,17)11-10(13)8-5-3-4-6-9(8)12(14)15/h3-7H,1-2H3,(H,11,13). The predicted octanol–water partition coefficient (Wildman–Crippen LogP) is 1.06. The molecule has 0 saturated heterocycles. The number of sulfonamides is 1. The molecule has 7 nitrogen and oxygen atoms in total. The number of amides is 1. The summed E-state index contributed by atoms with van der Waals surface area (Å²) in [4.78, 5) is 21.7. The Morgan fingerprint density at radius 1 is 1.33 bits per heavy atom. The molecular weight excluding hydrogens is 260 g/mol. The minimum Gasteiger partial charge on any atom is -0.268 e. The van der Waals surface area contributed by atoms with Gasteiger partial charge in [0.2, 0.25) is 10.0 Å². The Bertz CT molecular complexity index is 580. The maximum atomic E-state index is 11.7. The summed E-state index contributed by atoms with van der Waals surface area (Å²) in [6.07, 6.45) is 0. The minimum absolute atomic E-state index is 0.285. The molecule has 0 aliphatic rings. The van der Waals surface area contributed by atoms with E-state index in [0.717, 1.165) is 6.07 Å². The molecule has 8 heteroatoms. The van der Waals surface area contributed by atoms with E-state index in [-0.39, 0.29) is 5.56 Å². The zero-order valence-electron chi connectivity index (χ0n) is 9.78. The number of hydrogen-bond acceptors (Lipinski definition) is 5. The van der Waals surface area contributed by atoms with Gasteiger partial charge in [0.1, 0.15) is 5.56 Å². The van der Waals surface area contributed by atoms with Gasteiger partial charge in [0, 0.05) is 6.07 Å². The fourth-order valence-corrected chi connectivity index (χ4v) is 1.73. The highest BCUT2D eigenvalue weighted by Gasteiger charge is 2.24. The van der Waals surface area contributed by atoms with Crippen LogP contribution in [-0.4, -0.2) is 24.5 Å². The first kappa shape index (κ1) is 14.1. The second-order valence-electron chi connectivity index (χ2n) is 3.80. The van der Waals surface area contributed by atoms with Crippen LogP contribution in [0.3, 0.4) is 0 Å². The molecule has 0 spiro atoms. The van der Waals surface area contributed by atoms with Crippen molar-refractivity contribution in [3.63, 3.8) is 0 Å². The van der Waals surface area contributed by atoms with Gasteiger partial charge in [0.05, 0.1) is 10.2 Å². The smallest absolute Gasteiger partial charge is 0.268 e. The summed E-state index contributed by atoms with van der Waals surface area (Å²) in [7, 11) is -3.81. The first-order chi connectivity index (χ1) is 8.25. The van der Waals surface area contributed by atoms with Crippen molar-refractivity contribution in [1.29, 1.82) is 0 Å². The Kier molecular flexibility index (Phi) is 4.02. The molecule has 1 rings (SSSR count). The van der Waals surface area contributed by atoms with E-state index in [2.05, 4.69) is 0 Å². The third-order valence-electron chi connectivity index (χ3n) is 2.20. The van der Waals surface area contributed by atoms with Crippen LogP contribution >= 0.6 is 0 Å². The van der Waals surface area contributed by atoms with Crippen LogP contribution < -0.4 is 4.72 Å². The maximum Gasteiger partial charge on any atom is 0.282 e. The summed E-state index contributed by atoms with van der Waals surface area (Å²) >= 11 is 0. The van der Waals surface area contributed by atoms with Crippen molar-refractivity contribution in [1.82, 2.24) is 4.72 Å². The van der Waals surface area contributed by atoms with E-state index >= 15 is 0 Å². The van der Waals surface area contributed by atoms with Crippen LogP contribution in [0.15, 0.2) is 24.3 Å². The number of nitro benzene ring substituents is 1. The molecule has 0 fully saturated rings. The number of nitro groups is 1. The molecule has 0 radical (unpaired) electrons. The summed E-state index contributed by atoms with van der Waals surface area (Å²) in [5.74, 6) is -1.00. The average Bonchev–Trinajstić information content (AvgIpc) is 2.28. The molecule has 1 aromatic rings. The van der Waals surface area contributed by atoms with E-state index in [1.165, 1.54) is 32.0 Å². The Labute approximate surface area is 104 Å². The van der Waals surface area contributed by atoms with E-state index in [0.29, 0.717) is 0 Å². The molecule has 0 aliphatic carbocycles. The van der Waals surface area contributed by atoms with Crippen molar-refractivity contribution in [2.24, 2.45) is 0 Å². The number of carbonyl (C=O) groups is 1. The van der Waals surface area contributed by atoms with Crippen molar-refractivity contribution in [3.8, 4) is 0 Å². The molecule has 1 amide bonds. The summed E-state index contributed by atoms with van der Waals surface area (Å²) in [6, 6.07) is 5.15. The molecule has 0 aliphatic heterocycles. The highest BCUT2D eigenvalue weighted by atomic mass is 32.2. The number of carbonyl (C=O) groups excluding carboxylic acids is 1. The van der Waals surface area contributed by atoms with Crippen molar-refractivity contribution >= 4 is 21.6 Å². The number of para-hydroxylation sites is 1. The molecule has 1 aromatic carbocycles. The Morgan fingerprint density at radius 2 is 1.89 bits per heavy atom. The third-order valence-corrected chi connectivity index (χ3v) is 3.91. The van der Waals surface area contributed by atoms with Gasteiger partial charge < -0.3 is 0 Å². The SMILES string of the molecule is CC(C)S(=O)(=O)NC(=O)c1ccccc1[N+](=O)[O-]. The van der Waals surface area contributed by atoms with Crippen LogP contribution in [0.5, 0.6) is 0 Å². The van der Waals surface area contributed by atoms with Gasteiger partial charge in [0.15, 0.2) is 0 Å². The van der Waals surface area contributed by atoms with E-state index in [1.807, 2.05) is 0 Å². The Morgan fingerprint density at radius 3 is 2.39 bits per heavy atom. The Hall–Kier alpha value is -1.96. The van der Waals surface area contributed by atoms with E-state index in [1.54, 1.807) is 4.72 Å². The lowest BCUT2D eigenvalue weighted by atomic mass is 10.2. The molecule has 0 unspecified atom stereocenters. The monoisotopic (exact) mass is 272 g/mol. The van der Waals surface area contributed by atoms with Gasteiger partial charge in [-0.3, -0.25) is 14.9 Å². The van der Waals surface area contributed by atoms with Gasteiger partial charge in [-0.25, -0.2) is 13.1 Å². The zero-order chi connectivity index (χ0) is 13.9. The van der Waals surface area contributed by atoms with Gasteiger partial charge in [-0.1, -0.05) is 12.1 Å². The Balaban J connectivity index is 3.10. The van der Waals surface area contributed by atoms with Crippen LogP contribution in [0, 0.1) is 10.1 Å². The number of rotatable bonds is 4. The molecule has 98 valence electrons. The highest BCUT2D eigenvalue weighted by molar-refractivity contribution is 7.90. The molecule has 18 heavy (non-hydrogen) atoms. The molecule has 0 heterocycles. The molecule has 0 bridgehead atoms. The summed E-state index contributed by atoms with van der Waals surface area (Å²) in [6.45, 7) is 2.80. The minimum atomic E-state index is -3.81. The first-order valence-corrected chi connectivity index (χ1v) is 6.59. The van der Waals surface area contributed by atoms with Gasteiger partial charge in [-0.2, -0.15) is 0 Å².